The SMILES string of the molecule is COc1cn(-c2ccccc2)nc1C(=O)Nc1ccc(C)c(S(=O)(=O)Nc2cccc(C)c2)c1. The largest absolute Gasteiger partial charge is 0.493 e. The van der Waals surface area contributed by atoms with Gasteiger partial charge in [-0.2, -0.15) is 5.10 Å². The Kier molecular flexibility index (Phi) is 6.38. The van der Waals surface area contributed by atoms with Crippen molar-refractivity contribution < 1.29 is 17.9 Å². The molecule has 0 bridgehead atoms. The van der Waals surface area contributed by atoms with Crippen LogP contribution < -0.4 is 14.8 Å². The molecule has 0 spiro atoms. The molecule has 0 aliphatic carbocycles. The van der Waals surface area contributed by atoms with Crippen LogP contribution in [0.2, 0.25) is 0 Å². The minimum absolute atomic E-state index is 0.0635. The molecule has 8 nitrogen and oxygen atoms in total. The number of ether oxygens (including phenoxy) is 1. The molecule has 0 fully saturated rings. The van der Waals surface area contributed by atoms with Crippen molar-refractivity contribution in [2.75, 3.05) is 17.1 Å². The maximum absolute atomic E-state index is 13.0. The summed E-state index contributed by atoms with van der Waals surface area (Å²) in [6.45, 7) is 3.58. The van der Waals surface area contributed by atoms with Crippen LogP contribution in [0.1, 0.15) is 21.6 Å². The fourth-order valence-electron chi connectivity index (χ4n) is 3.45. The fraction of sp³-hybridized carbons (Fsp3) is 0.120. The van der Waals surface area contributed by atoms with E-state index in [-0.39, 0.29) is 10.6 Å². The van der Waals surface area contributed by atoms with Crippen molar-refractivity contribution >= 4 is 27.3 Å². The number of benzene rings is 3. The average Bonchev–Trinajstić information content (AvgIpc) is 3.25. The van der Waals surface area contributed by atoms with Crippen molar-refractivity contribution in [1.82, 2.24) is 9.78 Å². The summed E-state index contributed by atoms with van der Waals surface area (Å²) in [4.78, 5) is 13.0. The van der Waals surface area contributed by atoms with Crippen LogP contribution in [0.15, 0.2) is 83.9 Å². The number of amides is 1. The van der Waals surface area contributed by atoms with Crippen molar-refractivity contribution in [2.24, 2.45) is 0 Å². The third-order valence-electron chi connectivity index (χ3n) is 5.14. The molecule has 3 aromatic carbocycles. The maximum atomic E-state index is 13.0. The minimum Gasteiger partial charge on any atom is -0.493 e. The summed E-state index contributed by atoms with van der Waals surface area (Å²) in [6, 6.07) is 21.1. The molecule has 174 valence electrons. The average molecular weight is 477 g/mol. The summed E-state index contributed by atoms with van der Waals surface area (Å²) in [5, 5.41) is 7.07. The molecular weight excluding hydrogens is 452 g/mol. The number of methoxy groups -OCH3 is 1. The molecule has 4 rings (SSSR count). The fourth-order valence-corrected chi connectivity index (χ4v) is 4.78. The lowest BCUT2D eigenvalue weighted by Gasteiger charge is -2.13. The first-order valence-electron chi connectivity index (χ1n) is 10.5. The number of nitrogens with zero attached hydrogens (tertiary/aromatic N) is 2. The topological polar surface area (TPSA) is 102 Å². The molecule has 1 heterocycles. The summed E-state index contributed by atoms with van der Waals surface area (Å²) in [6.07, 6.45) is 1.61. The van der Waals surface area contributed by atoms with Crippen LogP contribution in [-0.2, 0) is 10.0 Å². The van der Waals surface area contributed by atoms with Gasteiger partial charge in [-0.3, -0.25) is 9.52 Å². The van der Waals surface area contributed by atoms with Crippen molar-refractivity contribution in [3.05, 3.63) is 95.8 Å². The van der Waals surface area contributed by atoms with Crippen molar-refractivity contribution in [3.8, 4) is 11.4 Å². The molecule has 0 saturated heterocycles. The summed E-state index contributed by atoms with van der Waals surface area (Å²) in [5.41, 5.74) is 3.10. The Balaban J connectivity index is 1.60. The lowest BCUT2D eigenvalue weighted by molar-refractivity contribution is 0.101. The lowest BCUT2D eigenvalue weighted by atomic mass is 10.2. The summed E-state index contributed by atoms with van der Waals surface area (Å²) in [5.74, 6) is -0.229. The minimum atomic E-state index is -3.87. The number of rotatable bonds is 7. The van der Waals surface area contributed by atoms with E-state index in [0.29, 0.717) is 22.7 Å². The highest BCUT2D eigenvalue weighted by Gasteiger charge is 2.21. The Morgan fingerprint density at radius 3 is 2.41 bits per heavy atom. The Morgan fingerprint density at radius 2 is 1.71 bits per heavy atom. The smallest absolute Gasteiger partial charge is 0.280 e. The Hall–Kier alpha value is -4.11. The Bertz CT molecular complexity index is 1450. The van der Waals surface area contributed by atoms with Gasteiger partial charge in [-0.05, 0) is 61.4 Å². The van der Waals surface area contributed by atoms with Crippen molar-refractivity contribution in [1.29, 1.82) is 0 Å². The zero-order valence-electron chi connectivity index (χ0n) is 18.9. The molecule has 0 unspecified atom stereocenters. The predicted octanol–water partition coefficient (Wildman–Crippen LogP) is 4.55. The molecule has 4 aromatic rings. The maximum Gasteiger partial charge on any atom is 0.280 e. The summed E-state index contributed by atoms with van der Waals surface area (Å²) in [7, 11) is -2.42. The van der Waals surface area contributed by atoms with Crippen molar-refractivity contribution in [3.63, 3.8) is 0 Å². The number of sulfonamides is 1. The van der Waals surface area contributed by atoms with E-state index in [2.05, 4.69) is 15.1 Å². The van der Waals surface area contributed by atoms with Crippen molar-refractivity contribution in [2.45, 2.75) is 18.7 Å². The van der Waals surface area contributed by atoms with E-state index in [1.165, 1.54) is 13.2 Å². The normalized spacial score (nSPS) is 11.1. The zero-order valence-corrected chi connectivity index (χ0v) is 19.8. The van der Waals surface area contributed by atoms with Gasteiger partial charge in [0.2, 0.25) is 0 Å². The highest BCUT2D eigenvalue weighted by molar-refractivity contribution is 7.92. The number of anilines is 2. The lowest BCUT2D eigenvalue weighted by Crippen LogP contribution is -2.17. The second-order valence-electron chi connectivity index (χ2n) is 7.74. The highest BCUT2D eigenvalue weighted by atomic mass is 32.2. The van der Waals surface area contributed by atoms with Gasteiger partial charge in [0.25, 0.3) is 15.9 Å². The number of nitrogens with one attached hydrogen (secondary N) is 2. The third-order valence-corrected chi connectivity index (χ3v) is 6.67. The molecule has 0 aliphatic heterocycles. The molecule has 34 heavy (non-hydrogen) atoms. The van der Waals surface area contributed by atoms with Gasteiger partial charge in [-0.15, -0.1) is 0 Å². The van der Waals surface area contributed by atoms with Gasteiger partial charge in [-0.25, -0.2) is 13.1 Å². The predicted molar refractivity (Wildman–Crippen MR) is 131 cm³/mol. The van der Waals surface area contributed by atoms with Gasteiger partial charge in [0.05, 0.1) is 23.9 Å². The first-order chi connectivity index (χ1) is 16.3. The second kappa shape index (κ2) is 9.40. The first kappa shape index (κ1) is 23.1. The van der Waals surface area contributed by atoms with Crippen LogP contribution in [0.5, 0.6) is 5.75 Å². The van der Waals surface area contributed by atoms with E-state index in [4.69, 9.17) is 4.74 Å². The Morgan fingerprint density at radius 1 is 0.941 bits per heavy atom. The zero-order chi connectivity index (χ0) is 24.3. The second-order valence-corrected chi connectivity index (χ2v) is 9.39. The van der Waals surface area contributed by atoms with E-state index >= 15 is 0 Å². The molecule has 0 aliphatic rings. The van der Waals surface area contributed by atoms with Gasteiger partial charge in [0.15, 0.2) is 11.4 Å². The first-order valence-corrected chi connectivity index (χ1v) is 12.0. The van der Waals surface area contributed by atoms with Gasteiger partial charge in [-0.1, -0.05) is 36.4 Å². The molecular formula is C25H24N4O4S. The molecule has 9 heteroatoms. The van der Waals surface area contributed by atoms with Crippen LogP contribution in [0.4, 0.5) is 11.4 Å². The molecule has 2 N–H and O–H groups in total. The molecule has 1 aromatic heterocycles. The van der Waals surface area contributed by atoms with Gasteiger partial charge < -0.3 is 10.1 Å². The van der Waals surface area contributed by atoms with Gasteiger partial charge in [0.1, 0.15) is 0 Å². The number of carbonyl (C=O) groups excluding carboxylic acids is 1. The van der Waals surface area contributed by atoms with E-state index < -0.39 is 15.9 Å². The van der Waals surface area contributed by atoms with E-state index in [0.717, 1.165) is 11.3 Å². The Labute approximate surface area is 198 Å². The van der Waals surface area contributed by atoms with Crippen LogP contribution in [0, 0.1) is 13.8 Å². The number of aryl methyl sites for hydroxylation is 2. The number of hydrogen-bond donors (Lipinski definition) is 2. The molecule has 0 radical (unpaired) electrons. The van der Waals surface area contributed by atoms with Crippen LogP contribution in [-0.4, -0.2) is 31.2 Å². The number of aromatic nitrogens is 2. The monoisotopic (exact) mass is 476 g/mol. The quantitative estimate of drug-likeness (QED) is 0.407. The van der Waals surface area contributed by atoms with Crippen LogP contribution in [0.3, 0.4) is 0 Å². The van der Waals surface area contributed by atoms with Gasteiger partial charge in [0, 0.05) is 11.4 Å². The molecule has 1 amide bonds. The number of para-hydroxylation sites is 1. The number of hydrogen-bond acceptors (Lipinski definition) is 5. The standard InChI is InChI=1S/C25H24N4O4S/c1-17-8-7-9-20(14-17)28-34(31,32)23-15-19(13-12-18(23)2)26-25(30)24-22(33-3)16-29(27-24)21-10-5-4-6-11-21/h4-16,28H,1-3H3,(H,26,30). The molecule has 0 atom stereocenters. The van der Waals surface area contributed by atoms with Crippen LogP contribution >= 0.6 is 0 Å². The summed E-state index contributed by atoms with van der Waals surface area (Å²) >= 11 is 0. The van der Waals surface area contributed by atoms with Crippen LogP contribution in [0.25, 0.3) is 5.69 Å². The van der Waals surface area contributed by atoms with E-state index in [1.54, 1.807) is 48.1 Å². The van der Waals surface area contributed by atoms with Gasteiger partial charge >= 0.3 is 0 Å². The third kappa shape index (κ3) is 4.94. The van der Waals surface area contributed by atoms with E-state index in [1.807, 2.05) is 43.3 Å². The summed E-state index contributed by atoms with van der Waals surface area (Å²) < 4.78 is 35.6. The van der Waals surface area contributed by atoms with E-state index in [9.17, 15) is 13.2 Å². The molecule has 0 saturated carbocycles. The number of carbonyl (C=O) groups is 1. The highest BCUT2D eigenvalue weighted by Crippen LogP contribution is 2.25.